The molecule has 128 valence electrons. The first-order chi connectivity index (χ1) is 10.7. The normalized spacial score (nSPS) is 22.4. The van der Waals surface area contributed by atoms with Crippen LogP contribution in [0.3, 0.4) is 0 Å². The molecule has 1 aliphatic rings. The van der Waals surface area contributed by atoms with Gasteiger partial charge in [-0.05, 0) is 29.5 Å². The van der Waals surface area contributed by atoms with Gasteiger partial charge in [0.2, 0.25) is 5.91 Å². The molecule has 6 heteroatoms. The number of amides is 1. The number of methoxy groups -OCH3 is 1. The van der Waals surface area contributed by atoms with E-state index >= 15 is 0 Å². The summed E-state index contributed by atoms with van der Waals surface area (Å²) in [5.41, 5.74) is 0.212. The summed E-state index contributed by atoms with van der Waals surface area (Å²) in [7, 11) is -1.47. The summed E-state index contributed by atoms with van der Waals surface area (Å²) >= 11 is 0. The van der Waals surface area contributed by atoms with Crippen molar-refractivity contribution in [1.82, 2.24) is 5.32 Å². The van der Waals surface area contributed by atoms with Gasteiger partial charge in [0, 0.05) is 12.3 Å². The average molecular weight is 339 g/mol. The highest BCUT2D eigenvalue weighted by Crippen LogP contribution is 2.64. The van der Waals surface area contributed by atoms with Gasteiger partial charge in [-0.3, -0.25) is 4.79 Å². The van der Waals surface area contributed by atoms with Crippen LogP contribution in [0.5, 0.6) is 5.75 Å². The maximum absolute atomic E-state index is 12.7. The van der Waals surface area contributed by atoms with Crippen LogP contribution >= 0.6 is 0 Å². The smallest absolute Gasteiger partial charge is 0.231 e. The van der Waals surface area contributed by atoms with Crippen molar-refractivity contribution >= 4 is 15.7 Å². The van der Waals surface area contributed by atoms with E-state index in [1.165, 1.54) is 0 Å². The summed E-state index contributed by atoms with van der Waals surface area (Å²) in [6.07, 6.45) is 0.749. The van der Waals surface area contributed by atoms with E-state index < -0.39 is 15.3 Å². The fourth-order valence-electron chi connectivity index (χ4n) is 3.12. The van der Waals surface area contributed by atoms with Gasteiger partial charge in [-0.2, -0.15) is 0 Å². The van der Waals surface area contributed by atoms with Crippen molar-refractivity contribution in [1.29, 1.82) is 0 Å². The van der Waals surface area contributed by atoms with Gasteiger partial charge < -0.3 is 10.1 Å². The lowest BCUT2D eigenvalue weighted by Gasteiger charge is -2.21. The van der Waals surface area contributed by atoms with Crippen molar-refractivity contribution < 1.29 is 17.9 Å². The average Bonchev–Trinajstić information content (AvgIpc) is 3.11. The fraction of sp³-hybridized carbons (Fsp3) is 0.588. The SMILES string of the molecule is CCS(=O)(=O)CCNC(=O)C1(c2ccc(OC)cc2)CC1(C)C. The van der Waals surface area contributed by atoms with Crippen molar-refractivity contribution in [2.24, 2.45) is 5.41 Å². The molecule has 1 N–H and O–H groups in total. The van der Waals surface area contributed by atoms with Crippen LogP contribution < -0.4 is 10.1 Å². The maximum Gasteiger partial charge on any atom is 0.231 e. The molecule has 1 aromatic rings. The summed E-state index contributed by atoms with van der Waals surface area (Å²) in [5.74, 6) is 0.725. The molecule has 0 spiro atoms. The molecular weight excluding hydrogens is 314 g/mol. The molecule has 0 saturated heterocycles. The van der Waals surface area contributed by atoms with Gasteiger partial charge in [0.25, 0.3) is 0 Å². The molecule has 2 rings (SSSR count). The van der Waals surface area contributed by atoms with Gasteiger partial charge >= 0.3 is 0 Å². The maximum atomic E-state index is 12.7. The van der Waals surface area contributed by atoms with E-state index in [2.05, 4.69) is 19.2 Å². The minimum Gasteiger partial charge on any atom is -0.497 e. The molecule has 0 aromatic heterocycles. The quantitative estimate of drug-likeness (QED) is 0.824. The minimum absolute atomic E-state index is 0.0195. The van der Waals surface area contributed by atoms with Gasteiger partial charge in [0.05, 0.1) is 18.3 Å². The standard InChI is InChI=1S/C17H25NO4S/c1-5-23(20,21)11-10-18-15(19)17(12-16(17,2)3)13-6-8-14(22-4)9-7-13/h6-9H,5,10-12H2,1-4H3,(H,18,19). The molecule has 0 radical (unpaired) electrons. The Labute approximate surface area is 138 Å². The number of benzene rings is 1. The Morgan fingerprint density at radius 2 is 1.83 bits per heavy atom. The van der Waals surface area contributed by atoms with Gasteiger partial charge in [0.15, 0.2) is 9.84 Å². The molecule has 0 bridgehead atoms. The van der Waals surface area contributed by atoms with Crippen LogP contribution in [0.1, 0.15) is 32.8 Å². The molecule has 5 nitrogen and oxygen atoms in total. The van der Waals surface area contributed by atoms with Crippen LogP contribution in [-0.4, -0.2) is 39.5 Å². The summed E-state index contributed by atoms with van der Waals surface area (Å²) in [6.45, 7) is 5.88. The largest absolute Gasteiger partial charge is 0.497 e. The Morgan fingerprint density at radius 3 is 2.26 bits per heavy atom. The molecule has 1 aromatic carbocycles. The van der Waals surface area contributed by atoms with E-state index in [0.717, 1.165) is 17.7 Å². The Hall–Kier alpha value is -1.56. The Bertz CT molecular complexity index is 679. The molecule has 1 fully saturated rings. The van der Waals surface area contributed by atoms with E-state index in [1.807, 2.05) is 24.3 Å². The summed E-state index contributed by atoms with van der Waals surface area (Å²) in [6, 6.07) is 7.52. The minimum atomic E-state index is -3.07. The topological polar surface area (TPSA) is 72.5 Å². The lowest BCUT2D eigenvalue weighted by atomic mass is 9.87. The number of carbonyl (C=O) groups excluding carboxylic acids is 1. The van der Waals surface area contributed by atoms with Gasteiger partial charge in [-0.25, -0.2) is 8.42 Å². The molecular formula is C17H25NO4S. The monoisotopic (exact) mass is 339 g/mol. The number of carbonyl (C=O) groups is 1. The first-order valence-electron chi connectivity index (χ1n) is 7.82. The predicted molar refractivity (Wildman–Crippen MR) is 90.4 cm³/mol. The van der Waals surface area contributed by atoms with Crippen molar-refractivity contribution in [3.05, 3.63) is 29.8 Å². The first kappa shape index (κ1) is 17.8. The molecule has 1 saturated carbocycles. The van der Waals surface area contributed by atoms with E-state index in [9.17, 15) is 13.2 Å². The van der Waals surface area contributed by atoms with Gasteiger partial charge in [0.1, 0.15) is 5.75 Å². The molecule has 1 unspecified atom stereocenters. The molecule has 0 aliphatic heterocycles. The molecule has 23 heavy (non-hydrogen) atoms. The highest BCUT2D eigenvalue weighted by atomic mass is 32.2. The second-order valence-electron chi connectivity index (χ2n) is 6.69. The van der Waals surface area contributed by atoms with Crippen LogP contribution in [0.2, 0.25) is 0 Å². The number of rotatable bonds is 7. The van der Waals surface area contributed by atoms with Crippen LogP contribution in [0.4, 0.5) is 0 Å². The van der Waals surface area contributed by atoms with E-state index in [0.29, 0.717) is 0 Å². The molecule has 1 aliphatic carbocycles. The lowest BCUT2D eigenvalue weighted by molar-refractivity contribution is -0.124. The van der Waals surface area contributed by atoms with Crippen LogP contribution in [-0.2, 0) is 20.0 Å². The van der Waals surface area contributed by atoms with E-state index in [-0.39, 0.29) is 29.4 Å². The van der Waals surface area contributed by atoms with E-state index in [1.54, 1.807) is 14.0 Å². The summed E-state index contributed by atoms with van der Waals surface area (Å²) in [5, 5.41) is 2.81. The zero-order valence-corrected chi connectivity index (χ0v) is 15.0. The number of ether oxygens (including phenoxy) is 1. The molecule has 1 atom stereocenters. The zero-order valence-electron chi connectivity index (χ0n) is 14.2. The van der Waals surface area contributed by atoms with Gasteiger partial charge in [-0.15, -0.1) is 0 Å². The summed E-state index contributed by atoms with van der Waals surface area (Å²) in [4.78, 5) is 12.7. The van der Waals surface area contributed by atoms with Crippen molar-refractivity contribution in [2.45, 2.75) is 32.6 Å². The Morgan fingerprint density at radius 1 is 1.26 bits per heavy atom. The molecule has 1 amide bonds. The van der Waals surface area contributed by atoms with Crippen LogP contribution in [0.25, 0.3) is 0 Å². The third kappa shape index (κ3) is 3.37. The predicted octanol–water partition coefficient (Wildman–Crippen LogP) is 1.91. The highest BCUT2D eigenvalue weighted by molar-refractivity contribution is 7.91. The number of hydrogen-bond donors (Lipinski definition) is 1. The third-order valence-electron chi connectivity index (χ3n) is 4.85. The lowest BCUT2D eigenvalue weighted by Crippen LogP contribution is -2.40. The van der Waals surface area contributed by atoms with Crippen LogP contribution in [0, 0.1) is 5.41 Å². The van der Waals surface area contributed by atoms with Gasteiger partial charge in [-0.1, -0.05) is 32.9 Å². The van der Waals surface area contributed by atoms with Crippen LogP contribution in [0.15, 0.2) is 24.3 Å². The first-order valence-corrected chi connectivity index (χ1v) is 9.64. The number of hydrogen-bond acceptors (Lipinski definition) is 4. The second-order valence-corrected chi connectivity index (χ2v) is 9.16. The van der Waals surface area contributed by atoms with Crippen molar-refractivity contribution in [3.63, 3.8) is 0 Å². The fourth-order valence-corrected chi connectivity index (χ4v) is 3.82. The summed E-state index contributed by atoms with van der Waals surface area (Å²) < 4.78 is 28.3. The highest BCUT2D eigenvalue weighted by Gasteiger charge is 2.66. The molecule has 0 heterocycles. The van der Waals surface area contributed by atoms with Crippen molar-refractivity contribution in [3.8, 4) is 5.75 Å². The Balaban J connectivity index is 2.13. The number of nitrogens with one attached hydrogen (secondary N) is 1. The van der Waals surface area contributed by atoms with Crippen molar-refractivity contribution in [2.75, 3.05) is 25.2 Å². The second kappa shape index (κ2) is 6.15. The third-order valence-corrected chi connectivity index (χ3v) is 6.55. The Kier molecular flexibility index (Phi) is 4.76. The zero-order chi connectivity index (χ0) is 17.3. The number of sulfone groups is 1. The van der Waals surface area contributed by atoms with E-state index in [4.69, 9.17) is 4.74 Å².